The molecule has 1 rings (SSSR count). The van der Waals surface area contributed by atoms with E-state index in [4.69, 9.17) is 29.2 Å². The molecule has 2 N–H and O–H groups in total. The summed E-state index contributed by atoms with van der Waals surface area (Å²) in [6.45, 7) is 5.12. The summed E-state index contributed by atoms with van der Waals surface area (Å²) >= 11 is 0. The number of hydrogen-bond acceptors (Lipinski definition) is 8. The van der Waals surface area contributed by atoms with E-state index in [0.717, 1.165) is 0 Å². The second-order valence-corrected chi connectivity index (χ2v) is 5.79. The van der Waals surface area contributed by atoms with Crippen LogP contribution >= 0.6 is 0 Å². The van der Waals surface area contributed by atoms with Gasteiger partial charge in [0.25, 0.3) is 0 Å². The molecule has 1 heterocycles. The van der Waals surface area contributed by atoms with Gasteiger partial charge in [-0.1, -0.05) is 0 Å². The first kappa shape index (κ1) is 26.2. The zero-order valence-corrected chi connectivity index (χ0v) is 16.4. The van der Waals surface area contributed by atoms with Gasteiger partial charge in [0.15, 0.2) is 0 Å². The molecule has 1 radical (unpaired) electrons. The SMILES string of the molecule is O=C(O)CN1CCOCCOCCN(CC(=O)O)CCOCCOCC1.[Cu+2]. The van der Waals surface area contributed by atoms with Crippen LogP contribution in [0.25, 0.3) is 0 Å². The quantitative estimate of drug-likeness (QED) is 0.517. The maximum absolute atomic E-state index is 10.9. The van der Waals surface area contributed by atoms with Gasteiger partial charge in [-0.05, 0) is 0 Å². The van der Waals surface area contributed by atoms with Crippen molar-refractivity contribution in [2.45, 2.75) is 0 Å². The molecule has 0 atom stereocenters. The van der Waals surface area contributed by atoms with E-state index in [2.05, 4.69) is 0 Å². The molecule has 0 unspecified atom stereocenters. The van der Waals surface area contributed by atoms with Gasteiger partial charge in [0.1, 0.15) is 0 Å². The molecular weight excluding hydrogens is 412 g/mol. The largest absolute Gasteiger partial charge is 2.00 e. The number of hydrogen-bond donors (Lipinski definition) is 2. The topological polar surface area (TPSA) is 118 Å². The van der Waals surface area contributed by atoms with Crippen molar-refractivity contribution in [3.63, 3.8) is 0 Å². The van der Waals surface area contributed by atoms with Crippen LogP contribution in [0.2, 0.25) is 0 Å². The Balaban J connectivity index is 0.00000676. The predicted molar refractivity (Wildman–Crippen MR) is 91.4 cm³/mol. The summed E-state index contributed by atoms with van der Waals surface area (Å²) in [5.41, 5.74) is 0. The molecule has 1 aliphatic rings. The first-order valence-electron chi connectivity index (χ1n) is 8.77. The Kier molecular flexibility index (Phi) is 16.8. The van der Waals surface area contributed by atoms with Crippen molar-refractivity contribution in [1.29, 1.82) is 0 Å². The molecule has 0 bridgehead atoms. The molecule has 27 heavy (non-hydrogen) atoms. The summed E-state index contributed by atoms with van der Waals surface area (Å²) in [6.07, 6.45) is 0. The minimum absolute atomic E-state index is 0. The average molecular weight is 442 g/mol. The normalized spacial score (nSPS) is 20.7. The number of carboxylic acids is 2. The van der Waals surface area contributed by atoms with Crippen molar-refractivity contribution in [3.8, 4) is 0 Å². The van der Waals surface area contributed by atoms with Crippen molar-refractivity contribution < 1.29 is 55.8 Å². The van der Waals surface area contributed by atoms with Gasteiger partial charge in [0.05, 0.1) is 65.9 Å². The first-order valence-corrected chi connectivity index (χ1v) is 8.77. The predicted octanol–water partition coefficient (Wildman–Crippen LogP) is -1.16. The van der Waals surface area contributed by atoms with Crippen molar-refractivity contribution in [2.24, 2.45) is 0 Å². The summed E-state index contributed by atoms with van der Waals surface area (Å²) in [5.74, 6) is -1.77. The van der Waals surface area contributed by atoms with Gasteiger partial charge < -0.3 is 29.2 Å². The van der Waals surface area contributed by atoms with E-state index < -0.39 is 11.9 Å². The summed E-state index contributed by atoms with van der Waals surface area (Å²) in [7, 11) is 0. The molecule has 10 nitrogen and oxygen atoms in total. The Morgan fingerprint density at radius 3 is 1.07 bits per heavy atom. The second kappa shape index (κ2) is 17.3. The Bertz CT molecular complexity index is 347. The molecule has 1 saturated heterocycles. The van der Waals surface area contributed by atoms with Crippen LogP contribution in [0.4, 0.5) is 0 Å². The zero-order chi connectivity index (χ0) is 19.0. The van der Waals surface area contributed by atoms with Crippen LogP contribution in [-0.4, -0.2) is 124 Å². The van der Waals surface area contributed by atoms with E-state index in [9.17, 15) is 9.59 Å². The number of rotatable bonds is 4. The van der Waals surface area contributed by atoms with Crippen LogP contribution in [0, 0.1) is 0 Å². The second-order valence-electron chi connectivity index (χ2n) is 5.79. The zero-order valence-electron chi connectivity index (χ0n) is 15.4. The number of carbonyl (C=O) groups is 2. The van der Waals surface area contributed by atoms with Crippen LogP contribution in [0.5, 0.6) is 0 Å². The molecule has 0 amide bonds. The third-order valence-corrected chi connectivity index (χ3v) is 3.67. The van der Waals surface area contributed by atoms with Gasteiger partial charge in [-0.25, -0.2) is 0 Å². The minimum atomic E-state index is -0.885. The van der Waals surface area contributed by atoms with Crippen LogP contribution in [0.15, 0.2) is 0 Å². The monoisotopic (exact) mass is 441 g/mol. The molecular formula is C16H30CuN2O8+2. The summed E-state index contributed by atoms with van der Waals surface area (Å²) < 4.78 is 21.8. The Morgan fingerprint density at radius 2 is 0.852 bits per heavy atom. The molecule has 1 fully saturated rings. The molecule has 0 spiro atoms. The van der Waals surface area contributed by atoms with Crippen molar-refractivity contribution in [2.75, 3.05) is 92.1 Å². The summed E-state index contributed by atoms with van der Waals surface area (Å²) in [5, 5.41) is 17.9. The van der Waals surface area contributed by atoms with Crippen LogP contribution in [0.1, 0.15) is 0 Å². The Morgan fingerprint density at radius 1 is 0.593 bits per heavy atom. The fourth-order valence-corrected chi connectivity index (χ4v) is 2.34. The molecule has 0 aromatic rings. The van der Waals surface area contributed by atoms with Gasteiger partial charge in [-0.2, -0.15) is 0 Å². The van der Waals surface area contributed by atoms with E-state index in [0.29, 0.717) is 79.0 Å². The Labute approximate surface area is 170 Å². The fourth-order valence-electron chi connectivity index (χ4n) is 2.34. The maximum atomic E-state index is 10.9. The number of aliphatic carboxylic acids is 2. The van der Waals surface area contributed by atoms with E-state index in [1.165, 1.54) is 0 Å². The first-order chi connectivity index (χ1) is 12.6. The van der Waals surface area contributed by atoms with Crippen molar-refractivity contribution >= 4 is 11.9 Å². The van der Waals surface area contributed by atoms with Crippen molar-refractivity contribution in [1.82, 2.24) is 9.80 Å². The van der Waals surface area contributed by atoms with E-state index in [-0.39, 0.29) is 30.2 Å². The minimum Gasteiger partial charge on any atom is -0.480 e. The molecule has 11 heteroatoms. The van der Waals surface area contributed by atoms with Crippen LogP contribution in [0.3, 0.4) is 0 Å². The third kappa shape index (κ3) is 15.9. The van der Waals surface area contributed by atoms with Gasteiger partial charge in [-0.15, -0.1) is 0 Å². The molecule has 0 aromatic carbocycles. The average Bonchev–Trinajstić information content (AvgIpc) is 2.57. The van der Waals surface area contributed by atoms with E-state index >= 15 is 0 Å². The number of nitrogens with zero attached hydrogens (tertiary/aromatic N) is 2. The molecule has 0 aliphatic carbocycles. The molecule has 0 saturated carbocycles. The molecule has 0 aromatic heterocycles. The van der Waals surface area contributed by atoms with Gasteiger partial charge in [0, 0.05) is 26.2 Å². The van der Waals surface area contributed by atoms with E-state index in [1.54, 1.807) is 9.80 Å². The third-order valence-electron chi connectivity index (χ3n) is 3.67. The number of carboxylic acid groups (broad SMARTS) is 2. The van der Waals surface area contributed by atoms with Crippen molar-refractivity contribution in [3.05, 3.63) is 0 Å². The Hall–Kier alpha value is -0.781. The summed E-state index contributed by atoms with van der Waals surface area (Å²) in [6, 6.07) is 0. The number of ether oxygens (including phenoxy) is 4. The smallest absolute Gasteiger partial charge is 0.480 e. The summed E-state index contributed by atoms with van der Waals surface area (Å²) in [4.78, 5) is 25.3. The van der Waals surface area contributed by atoms with Crippen LogP contribution in [-0.2, 0) is 45.6 Å². The van der Waals surface area contributed by atoms with E-state index in [1.807, 2.05) is 0 Å². The molecule has 161 valence electrons. The fraction of sp³-hybridized carbons (Fsp3) is 0.875. The van der Waals surface area contributed by atoms with Gasteiger partial charge >= 0.3 is 29.0 Å². The maximum Gasteiger partial charge on any atom is 2.00 e. The molecule has 1 aliphatic heterocycles. The van der Waals surface area contributed by atoms with Gasteiger partial charge in [-0.3, -0.25) is 19.4 Å². The standard InChI is InChI=1S/C16H30N2O8.Cu/c19-15(20)13-17-1-5-23-9-10-25-7-3-18(14-16(21)22)4-8-26-12-11-24-6-2-17;/h1-14H2,(H,19,20)(H,21,22);/q;+2. The van der Waals surface area contributed by atoms with Crippen LogP contribution < -0.4 is 0 Å². The van der Waals surface area contributed by atoms with Gasteiger partial charge in [0.2, 0.25) is 0 Å².